The van der Waals surface area contributed by atoms with Gasteiger partial charge < -0.3 is 0 Å². The van der Waals surface area contributed by atoms with Gasteiger partial charge in [0.1, 0.15) is 5.54 Å². The van der Waals surface area contributed by atoms with Crippen LogP contribution >= 0.6 is 11.6 Å². The summed E-state index contributed by atoms with van der Waals surface area (Å²) in [4.78, 5) is 13.0. The van der Waals surface area contributed by atoms with Crippen LogP contribution in [0, 0.1) is 0 Å². The quantitative estimate of drug-likeness (QED) is 0.258. The molecule has 0 spiro atoms. The molecule has 0 atom stereocenters. The number of rotatable bonds is 2. The number of halogens is 1. The summed E-state index contributed by atoms with van der Waals surface area (Å²) in [6, 6.07) is 0. The van der Waals surface area contributed by atoms with Crippen molar-refractivity contribution >= 4 is 16.8 Å². The molecule has 0 aliphatic rings. The Morgan fingerprint density at radius 1 is 2.00 bits per heavy atom. The monoisotopic (exact) mass is 153 g/mol. The molecule has 0 unspecified atom stereocenters. The lowest BCUT2D eigenvalue weighted by Crippen LogP contribution is -2.23. The Morgan fingerprint density at radius 2 is 2.56 bits per heavy atom. The Kier molecular flexibility index (Phi) is 0.747. The zero-order valence-electron chi connectivity index (χ0n) is 10.1. The first-order valence-electron chi connectivity index (χ1n) is 4.77. The van der Waals surface area contributed by atoms with E-state index in [0.717, 1.165) is 0 Å². The van der Waals surface area contributed by atoms with Crippen LogP contribution in [0.25, 0.3) is 10.4 Å². The summed E-state index contributed by atoms with van der Waals surface area (Å²) >= 11 is 4.92. The molecule has 5 heteroatoms. The number of carbonyl (C=O) groups excluding carboxylic acids is 1. The van der Waals surface area contributed by atoms with Crippen molar-refractivity contribution in [2.75, 3.05) is 0 Å². The van der Waals surface area contributed by atoms with Crippen LogP contribution in [0.2, 0.25) is 0 Å². The molecule has 9 heavy (non-hydrogen) atoms. The molecular formula is C4H6ClN3O. The van der Waals surface area contributed by atoms with Gasteiger partial charge >= 0.3 is 0 Å². The van der Waals surface area contributed by atoms with E-state index in [4.69, 9.17) is 25.4 Å². The Morgan fingerprint density at radius 3 is 2.67 bits per heavy atom. The fraction of sp³-hybridized carbons (Fsp3) is 0.750. The van der Waals surface area contributed by atoms with E-state index in [9.17, 15) is 4.79 Å². The van der Waals surface area contributed by atoms with Gasteiger partial charge in [-0.1, -0.05) is 5.11 Å². The summed E-state index contributed by atoms with van der Waals surface area (Å²) in [5.41, 5.74) is 4.89. The molecule has 0 aliphatic carbocycles. The zero-order chi connectivity index (χ0) is 12.5. The van der Waals surface area contributed by atoms with E-state index in [-0.39, 0.29) is 0 Å². The minimum absolute atomic E-state index is 1.74. The molecule has 0 radical (unpaired) electrons. The topological polar surface area (TPSA) is 65.8 Å². The molecule has 0 fully saturated rings. The highest BCUT2D eigenvalue weighted by Crippen LogP contribution is 2.12. The molecule has 0 aromatic carbocycles. The van der Waals surface area contributed by atoms with Crippen molar-refractivity contribution in [3.63, 3.8) is 0 Å². The van der Waals surface area contributed by atoms with Gasteiger partial charge in [0, 0.05) is 13.1 Å². The molecule has 0 bridgehead atoms. The second kappa shape index (κ2) is 2.71. The van der Waals surface area contributed by atoms with Crippen LogP contribution in [-0.4, -0.2) is 10.8 Å². The molecule has 0 rings (SSSR count). The molecule has 50 valence electrons. The number of hydrogen-bond donors (Lipinski definition) is 0. The van der Waals surface area contributed by atoms with Gasteiger partial charge in [0.15, 0.2) is 0 Å². The van der Waals surface area contributed by atoms with Crippen molar-refractivity contribution in [2.45, 2.75) is 19.2 Å². The molecule has 0 amide bonds. The minimum Gasteiger partial charge on any atom is -0.281 e. The first-order chi connectivity index (χ1) is 6.50. The average Bonchev–Trinajstić information content (AvgIpc) is 1.93. The largest absolute Gasteiger partial charge is 0.281 e. The highest BCUT2D eigenvalue weighted by atomic mass is 35.5. The summed E-state index contributed by atoms with van der Waals surface area (Å²) in [6.07, 6.45) is 0. The third kappa shape index (κ3) is 2.35. The maximum atomic E-state index is 10.9. The van der Waals surface area contributed by atoms with Crippen molar-refractivity contribution in [1.29, 1.82) is 0 Å². The fourth-order valence-corrected chi connectivity index (χ4v) is 0.144. The number of carbonyl (C=O) groups is 1. The van der Waals surface area contributed by atoms with E-state index in [1.807, 2.05) is 0 Å². The molecule has 0 aromatic rings. The Labute approximate surface area is 65.9 Å². The van der Waals surface area contributed by atoms with Gasteiger partial charge in [-0.15, -0.1) is 0 Å². The number of nitrogens with zero attached hydrogens (tertiary/aromatic N) is 3. The second-order valence-corrected chi connectivity index (χ2v) is 1.52. The highest BCUT2D eigenvalue weighted by Gasteiger charge is 2.23. The second-order valence-electron chi connectivity index (χ2n) is 1.17. The van der Waals surface area contributed by atoms with E-state index >= 15 is 0 Å². The molecule has 0 aliphatic heterocycles. The molecule has 0 saturated heterocycles. The van der Waals surface area contributed by atoms with Gasteiger partial charge in [-0.25, -0.2) is 0 Å². The van der Waals surface area contributed by atoms with Crippen molar-refractivity contribution in [3.05, 3.63) is 10.4 Å². The van der Waals surface area contributed by atoms with E-state index in [1.165, 1.54) is 0 Å². The van der Waals surface area contributed by atoms with E-state index in [2.05, 4.69) is 10.0 Å². The summed E-state index contributed by atoms with van der Waals surface area (Å²) in [5, 5.41) is 0.836. The van der Waals surface area contributed by atoms with Gasteiger partial charge in [-0.05, 0) is 30.8 Å². The number of azide groups is 1. The van der Waals surface area contributed by atoms with Gasteiger partial charge in [0.25, 0.3) is 0 Å². The lowest BCUT2D eigenvalue weighted by molar-refractivity contribution is -0.115. The van der Waals surface area contributed by atoms with Crippen LogP contribution < -0.4 is 0 Å². The predicted octanol–water partition coefficient (Wildman–Crippen LogP) is 1.84. The van der Waals surface area contributed by atoms with Crippen molar-refractivity contribution < 1.29 is 13.0 Å². The summed E-state index contributed by atoms with van der Waals surface area (Å²) < 4.78 is 41.6. The normalized spacial score (nSPS) is 22.8. The molecule has 0 aromatic heterocycles. The first-order valence-corrected chi connectivity index (χ1v) is 2.14. The lowest BCUT2D eigenvalue weighted by atomic mass is 10.1. The lowest BCUT2D eigenvalue weighted by Gasteiger charge is -2.08. The van der Waals surface area contributed by atoms with E-state index < -0.39 is 24.5 Å². The van der Waals surface area contributed by atoms with Crippen LogP contribution in [0.15, 0.2) is 5.11 Å². The molecule has 0 N–H and O–H groups in total. The van der Waals surface area contributed by atoms with Crippen LogP contribution in [-0.2, 0) is 4.79 Å². The molecule has 0 heterocycles. The van der Waals surface area contributed by atoms with Gasteiger partial charge in [0.2, 0.25) is 5.24 Å². The van der Waals surface area contributed by atoms with Crippen LogP contribution in [0.3, 0.4) is 0 Å². The predicted molar refractivity (Wildman–Crippen MR) is 34.1 cm³/mol. The Bertz CT molecular complexity index is 297. The standard InChI is InChI=1S/C4H6ClN3O/c1-4(2,3(5)9)7-8-6/h1-2H3/i1D3,2D3. The number of hydrogen-bond acceptors (Lipinski definition) is 2. The third-order valence-corrected chi connectivity index (χ3v) is 0.753. The van der Waals surface area contributed by atoms with Gasteiger partial charge in [0.05, 0.1) is 0 Å². The maximum Gasteiger partial charge on any atom is 0.233 e. The van der Waals surface area contributed by atoms with Crippen LogP contribution in [0.1, 0.15) is 21.9 Å². The maximum absolute atomic E-state index is 10.9. The Hall–Kier alpha value is -0.730. The molecule has 4 nitrogen and oxygen atoms in total. The zero-order valence-corrected chi connectivity index (χ0v) is 4.88. The fourth-order valence-electron chi connectivity index (χ4n) is 0.106. The highest BCUT2D eigenvalue weighted by molar-refractivity contribution is 6.65. The Balaban J connectivity index is 5.95. The third-order valence-electron chi connectivity index (χ3n) is 0.479. The van der Waals surface area contributed by atoms with Gasteiger partial charge in [-0.3, -0.25) is 4.79 Å². The van der Waals surface area contributed by atoms with E-state index in [1.54, 1.807) is 0 Å². The summed E-state index contributed by atoms with van der Waals surface area (Å²) in [5.74, 6) is 0. The molecular weight excluding hydrogens is 142 g/mol. The first kappa shape index (κ1) is 2.48. The average molecular weight is 154 g/mol. The van der Waals surface area contributed by atoms with Gasteiger partial charge in [-0.2, -0.15) is 0 Å². The van der Waals surface area contributed by atoms with E-state index in [0.29, 0.717) is 0 Å². The molecule has 0 saturated carbocycles. The van der Waals surface area contributed by atoms with Crippen molar-refractivity contribution in [3.8, 4) is 0 Å². The van der Waals surface area contributed by atoms with Crippen molar-refractivity contribution in [1.82, 2.24) is 0 Å². The van der Waals surface area contributed by atoms with Crippen LogP contribution in [0.5, 0.6) is 0 Å². The van der Waals surface area contributed by atoms with Crippen molar-refractivity contribution in [2.24, 2.45) is 5.11 Å². The minimum atomic E-state index is -3.34. The smallest absolute Gasteiger partial charge is 0.233 e. The summed E-state index contributed by atoms with van der Waals surface area (Å²) in [7, 11) is 0. The van der Waals surface area contributed by atoms with Crippen LogP contribution in [0.4, 0.5) is 0 Å². The summed E-state index contributed by atoms with van der Waals surface area (Å²) in [6.45, 7) is -6.69. The SMILES string of the molecule is [2H]C([2H])([2H])C(N=[N+]=[N-])(C(=O)Cl)C([2H])([2H])[2H].